The largest absolute Gasteiger partial charge is 0.103 e. The van der Waals surface area contributed by atoms with Gasteiger partial charge in [-0.25, -0.2) is 0 Å². The van der Waals surface area contributed by atoms with Crippen LogP contribution in [0.4, 0.5) is 0 Å². The Hall–Kier alpha value is 0.180. The highest BCUT2D eigenvalue weighted by atomic mass is 33.1. The molecule has 0 heterocycles. The van der Waals surface area contributed by atoms with E-state index in [0.717, 1.165) is 23.3 Å². The first kappa shape index (κ1) is 14.2. The Labute approximate surface area is 97.0 Å². The van der Waals surface area contributed by atoms with Gasteiger partial charge in [0.15, 0.2) is 0 Å². The standard InChI is InChI=1S/C12H22S2/c1-5-9-11(7-3)13-14-12(8-4)10-6-2/h5-6,11-12H,1-2,7-10H2,3-4H3. The van der Waals surface area contributed by atoms with E-state index in [-0.39, 0.29) is 0 Å². The van der Waals surface area contributed by atoms with Crippen LogP contribution >= 0.6 is 21.6 Å². The zero-order valence-electron chi connectivity index (χ0n) is 9.37. The van der Waals surface area contributed by atoms with Crippen LogP contribution in [-0.4, -0.2) is 10.5 Å². The molecule has 0 spiro atoms. The molecule has 14 heavy (non-hydrogen) atoms. The molecule has 0 fully saturated rings. The van der Waals surface area contributed by atoms with Crippen LogP contribution in [0.2, 0.25) is 0 Å². The quantitative estimate of drug-likeness (QED) is 0.400. The van der Waals surface area contributed by atoms with E-state index in [9.17, 15) is 0 Å². The molecule has 0 aliphatic rings. The summed E-state index contributed by atoms with van der Waals surface area (Å²) >= 11 is 0. The Morgan fingerprint density at radius 3 is 1.50 bits per heavy atom. The SMILES string of the molecule is C=CCC(CC)SSC(CC)CC=C. The molecule has 0 saturated heterocycles. The molecule has 0 N–H and O–H groups in total. The van der Waals surface area contributed by atoms with Gasteiger partial charge in [-0.1, -0.05) is 47.6 Å². The first-order valence-electron chi connectivity index (χ1n) is 5.32. The van der Waals surface area contributed by atoms with Crippen molar-refractivity contribution in [3.63, 3.8) is 0 Å². The average Bonchev–Trinajstić information content (AvgIpc) is 2.22. The molecule has 0 radical (unpaired) electrons. The van der Waals surface area contributed by atoms with Gasteiger partial charge in [0.05, 0.1) is 0 Å². The van der Waals surface area contributed by atoms with E-state index >= 15 is 0 Å². The van der Waals surface area contributed by atoms with Crippen LogP contribution in [0.25, 0.3) is 0 Å². The maximum Gasteiger partial charge on any atom is 0.0183 e. The minimum absolute atomic E-state index is 0.733. The highest BCUT2D eigenvalue weighted by Gasteiger charge is 2.10. The summed E-state index contributed by atoms with van der Waals surface area (Å²) in [6, 6.07) is 0. The first-order valence-corrected chi connectivity index (χ1v) is 7.59. The molecule has 0 amide bonds. The van der Waals surface area contributed by atoms with Crippen LogP contribution in [0, 0.1) is 0 Å². The van der Waals surface area contributed by atoms with Gasteiger partial charge in [-0.2, -0.15) is 0 Å². The minimum atomic E-state index is 0.733. The zero-order chi connectivity index (χ0) is 10.8. The van der Waals surface area contributed by atoms with Gasteiger partial charge in [0.25, 0.3) is 0 Å². The highest BCUT2D eigenvalue weighted by molar-refractivity contribution is 8.77. The van der Waals surface area contributed by atoms with Gasteiger partial charge in [-0.3, -0.25) is 0 Å². The van der Waals surface area contributed by atoms with Crippen molar-refractivity contribution in [2.24, 2.45) is 0 Å². The Bertz CT molecular complexity index is 136. The van der Waals surface area contributed by atoms with Gasteiger partial charge in [0.1, 0.15) is 0 Å². The molecule has 2 unspecified atom stereocenters. The van der Waals surface area contributed by atoms with Crippen molar-refractivity contribution in [1.29, 1.82) is 0 Å². The van der Waals surface area contributed by atoms with Crippen molar-refractivity contribution in [1.82, 2.24) is 0 Å². The number of allylic oxidation sites excluding steroid dienone is 2. The summed E-state index contributed by atoms with van der Waals surface area (Å²) in [6.45, 7) is 12.1. The molecular weight excluding hydrogens is 208 g/mol. The third kappa shape index (κ3) is 6.61. The number of hydrogen-bond donors (Lipinski definition) is 0. The van der Waals surface area contributed by atoms with Crippen LogP contribution in [0.15, 0.2) is 25.3 Å². The Kier molecular flexibility index (Phi) is 9.85. The van der Waals surface area contributed by atoms with Crippen molar-refractivity contribution in [2.75, 3.05) is 0 Å². The molecule has 0 nitrogen and oxygen atoms in total. The molecule has 0 aromatic carbocycles. The highest BCUT2D eigenvalue weighted by Crippen LogP contribution is 2.36. The zero-order valence-corrected chi connectivity index (χ0v) is 11.0. The molecule has 2 heteroatoms. The smallest absolute Gasteiger partial charge is 0.0183 e. The van der Waals surface area contributed by atoms with Crippen molar-refractivity contribution >= 4 is 21.6 Å². The summed E-state index contributed by atoms with van der Waals surface area (Å²) in [6.07, 6.45) is 8.76. The normalized spacial score (nSPS) is 14.7. The molecule has 0 aliphatic carbocycles. The van der Waals surface area contributed by atoms with Crippen LogP contribution < -0.4 is 0 Å². The average molecular weight is 230 g/mol. The van der Waals surface area contributed by atoms with Gasteiger partial charge in [-0.05, 0) is 25.7 Å². The second kappa shape index (κ2) is 9.72. The number of rotatable bonds is 9. The van der Waals surface area contributed by atoms with E-state index in [1.807, 2.05) is 33.7 Å². The van der Waals surface area contributed by atoms with Crippen LogP contribution in [-0.2, 0) is 0 Å². The van der Waals surface area contributed by atoms with Crippen LogP contribution in [0.1, 0.15) is 39.5 Å². The summed E-state index contributed by atoms with van der Waals surface area (Å²) in [5, 5.41) is 1.47. The topological polar surface area (TPSA) is 0 Å². The van der Waals surface area contributed by atoms with Crippen molar-refractivity contribution < 1.29 is 0 Å². The van der Waals surface area contributed by atoms with E-state index in [1.54, 1.807) is 0 Å². The molecule has 0 aromatic heterocycles. The lowest BCUT2D eigenvalue weighted by atomic mass is 10.2. The van der Waals surface area contributed by atoms with E-state index in [0.29, 0.717) is 0 Å². The van der Waals surface area contributed by atoms with E-state index < -0.39 is 0 Å². The summed E-state index contributed by atoms with van der Waals surface area (Å²) in [5.74, 6) is 0. The van der Waals surface area contributed by atoms with Crippen molar-refractivity contribution in [3.05, 3.63) is 25.3 Å². The van der Waals surface area contributed by atoms with Crippen LogP contribution in [0.5, 0.6) is 0 Å². The van der Waals surface area contributed by atoms with Gasteiger partial charge in [0.2, 0.25) is 0 Å². The van der Waals surface area contributed by atoms with Gasteiger partial charge >= 0.3 is 0 Å². The maximum absolute atomic E-state index is 3.79. The Morgan fingerprint density at radius 2 is 1.29 bits per heavy atom. The molecule has 0 rings (SSSR count). The third-order valence-corrected chi connectivity index (χ3v) is 5.77. The minimum Gasteiger partial charge on any atom is -0.103 e. The summed E-state index contributed by atoms with van der Waals surface area (Å²) in [4.78, 5) is 0. The molecule has 0 aliphatic heterocycles. The molecule has 2 atom stereocenters. The lowest BCUT2D eigenvalue weighted by Gasteiger charge is -2.16. The lowest BCUT2D eigenvalue weighted by molar-refractivity contribution is 0.835. The van der Waals surface area contributed by atoms with Crippen LogP contribution in [0.3, 0.4) is 0 Å². The number of hydrogen-bond acceptors (Lipinski definition) is 2. The molecular formula is C12H22S2. The monoisotopic (exact) mass is 230 g/mol. The van der Waals surface area contributed by atoms with Gasteiger partial charge in [0, 0.05) is 10.5 Å². The fourth-order valence-electron chi connectivity index (χ4n) is 1.08. The predicted molar refractivity (Wildman–Crippen MR) is 73.0 cm³/mol. The molecule has 0 saturated carbocycles. The third-order valence-electron chi connectivity index (χ3n) is 2.10. The van der Waals surface area contributed by atoms with Gasteiger partial charge < -0.3 is 0 Å². The first-order chi connectivity index (χ1) is 6.78. The van der Waals surface area contributed by atoms with Crippen molar-refractivity contribution in [3.8, 4) is 0 Å². The second-order valence-electron chi connectivity index (χ2n) is 3.30. The Balaban J connectivity index is 3.73. The molecule has 0 bridgehead atoms. The van der Waals surface area contributed by atoms with E-state index in [2.05, 4.69) is 27.0 Å². The maximum atomic E-state index is 3.79. The van der Waals surface area contributed by atoms with E-state index in [1.165, 1.54) is 12.8 Å². The fraction of sp³-hybridized carbons (Fsp3) is 0.667. The fourth-order valence-corrected chi connectivity index (χ4v) is 4.32. The molecule has 82 valence electrons. The van der Waals surface area contributed by atoms with Crippen molar-refractivity contribution in [2.45, 2.75) is 50.0 Å². The second-order valence-corrected chi connectivity index (χ2v) is 6.17. The lowest BCUT2D eigenvalue weighted by Crippen LogP contribution is -2.01. The summed E-state index contributed by atoms with van der Waals surface area (Å²) in [5.41, 5.74) is 0. The van der Waals surface area contributed by atoms with E-state index in [4.69, 9.17) is 0 Å². The molecule has 0 aromatic rings. The Morgan fingerprint density at radius 1 is 0.929 bits per heavy atom. The summed E-state index contributed by atoms with van der Waals surface area (Å²) < 4.78 is 0. The summed E-state index contributed by atoms with van der Waals surface area (Å²) in [7, 11) is 4.03. The predicted octanol–water partition coefficient (Wildman–Crippen LogP) is 5.08. The van der Waals surface area contributed by atoms with Gasteiger partial charge in [-0.15, -0.1) is 13.2 Å².